The molecular weight excluding hydrogens is 286 g/mol. The van der Waals surface area contributed by atoms with Gasteiger partial charge in [-0.15, -0.1) is 11.3 Å². The average Bonchev–Trinajstić information content (AvgIpc) is 2.76. The van der Waals surface area contributed by atoms with Crippen molar-refractivity contribution in [3.05, 3.63) is 23.2 Å². The second-order valence-electron chi connectivity index (χ2n) is 5.97. The predicted molar refractivity (Wildman–Crippen MR) is 84.6 cm³/mol. The number of thiophene rings is 1. The Balaban J connectivity index is 1.79. The van der Waals surface area contributed by atoms with Gasteiger partial charge in [-0.1, -0.05) is 0 Å². The molecule has 2 aromatic heterocycles. The first-order valence-electron chi connectivity index (χ1n) is 7.04. The zero-order valence-electron chi connectivity index (χ0n) is 12.2. The molecule has 1 unspecified atom stereocenters. The van der Waals surface area contributed by atoms with E-state index in [0.717, 1.165) is 17.5 Å². The Labute approximate surface area is 127 Å². The molecule has 5 nitrogen and oxygen atoms in total. The maximum Gasteiger partial charge on any atom is 0.263 e. The number of fused-ring (bicyclic) bond motifs is 1. The summed E-state index contributed by atoms with van der Waals surface area (Å²) in [7, 11) is 0. The number of rotatable bonds is 2. The van der Waals surface area contributed by atoms with Gasteiger partial charge in [-0.25, -0.2) is 0 Å². The van der Waals surface area contributed by atoms with E-state index >= 15 is 0 Å². The van der Waals surface area contributed by atoms with E-state index in [2.05, 4.69) is 10.3 Å². The molecule has 3 heterocycles. The van der Waals surface area contributed by atoms with Crippen molar-refractivity contribution in [2.45, 2.75) is 38.3 Å². The van der Waals surface area contributed by atoms with E-state index in [0.29, 0.717) is 22.7 Å². The van der Waals surface area contributed by atoms with E-state index in [1.807, 2.05) is 26.0 Å². The van der Waals surface area contributed by atoms with Gasteiger partial charge < -0.3 is 15.8 Å². The van der Waals surface area contributed by atoms with Crippen molar-refractivity contribution < 1.29 is 9.53 Å². The topological polar surface area (TPSA) is 77.2 Å². The van der Waals surface area contributed by atoms with Crippen molar-refractivity contribution in [2.75, 3.05) is 12.3 Å². The third-order valence-electron chi connectivity index (χ3n) is 3.72. The molecule has 1 aliphatic rings. The summed E-state index contributed by atoms with van der Waals surface area (Å²) < 4.78 is 6.61. The zero-order valence-corrected chi connectivity index (χ0v) is 13.0. The van der Waals surface area contributed by atoms with Crippen LogP contribution >= 0.6 is 11.3 Å². The van der Waals surface area contributed by atoms with E-state index in [-0.39, 0.29) is 17.6 Å². The van der Waals surface area contributed by atoms with Crippen molar-refractivity contribution in [3.8, 4) is 0 Å². The maximum absolute atomic E-state index is 12.5. The SMILES string of the molecule is CC1(C)CC(NC(=O)c2sc3cccnc3c2N)CCO1. The standard InChI is InChI=1S/C15H19N3O2S/c1-15(2)8-9(5-7-20-15)18-14(19)13-11(16)12-10(21-13)4-3-6-17-12/h3-4,6,9H,5,7-8,16H2,1-2H3,(H,18,19). The van der Waals surface area contributed by atoms with Crippen LogP contribution in [-0.4, -0.2) is 29.1 Å². The molecule has 1 aliphatic heterocycles. The maximum atomic E-state index is 12.5. The summed E-state index contributed by atoms with van der Waals surface area (Å²) in [6, 6.07) is 3.90. The number of anilines is 1. The molecular formula is C15H19N3O2S. The minimum atomic E-state index is -0.191. The smallest absolute Gasteiger partial charge is 0.263 e. The van der Waals surface area contributed by atoms with Crippen molar-refractivity contribution in [1.29, 1.82) is 0 Å². The van der Waals surface area contributed by atoms with E-state index in [1.54, 1.807) is 6.20 Å². The fourth-order valence-electron chi connectivity index (χ4n) is 2.72. The Morgan fingerprint density at radius 3 is 3.10 bits per heavy atom. The number of nitrogens with two attached hydrogens (primary N) is 1. The minimum absolute atomic E-state index is 0.113. The summed E-state index contributed by atoms with van der Waals surface area (Å²) in [6.45, 7) is 4.76. The molecule has 0 spiro atoms. The number of pyridine rings is 1. The van der Waals surface area contributed by atoms with Crippen molar-refractivity contribution in [2.24, 2.45) is 0 Å². The van der Waals surface area contributed by atoms with E-state index in [4.69, 9.17) is 10.5 Å². The fourth-order valence-corrected chi connectivity index (χ4v) is 3.71. The average molecular weight is 305 g/mol. The number of carbonyl (C=O) groups excluding carboxylic acids is 1. The molecule has 3 N–H and O–H groups in total. The van der Waals surface area contributed by atoms with Crippen LogP contribution in [0.25, 0.3) is 10.2 Å². The molecule has 1 amide bonds. The molecule has 0 radical (unpaired) electrons. The van der Waals surface area contributed by atoms with Gasteiger partial charge in [0.1, 0.15) is 10.4 Å². The van der Waals surface area contributed by atoms with E-state index < -0.39 is 0 Å². The summed E-state index contributed by atoms with van der Waals surface area (Å²) >= 11 is 1.39. The Bertz CT molecular complexity index is 681. The van der Waals surface area contributed by atoms with Crippen LogP contribution in [0.5, 0.6) is 0 Å². The third-order valence-corrected chi connectivity index (χ3v) is 4.88. The van der Waals surface area contributed by atoms with Gasteiger partial charge in [-0.2, -0.15) is 0 Å². The van der Waals surface area contributed by atoms with Gasteiger partial charge in [0, 0.05) is 18.8 Å². The minimum Gasteiger partial charge on any atom is -0.396 e. The highest BCUT2D eigenvalue weighted by Crippen LogP contribution is 2.32. The quantitative estimate of drug-likeness (QED) is 0.894. The lowest BCUT2D eigenvalue weighted by Gasteiger charge is -2.35. The van der Waals surface area contributed by atoms with Crippen molar-refractivity contribution >= 4 is 33.1 Å². The first-order valence-corrected chi connectivity index (χ1v) is 7.86. The highest BCUT2D eigenvalue weighted by Gasteiger charge is 2.30. The largest absolute Gasteiger partial charge is 0.396 e. The molecule has 0 saturated carbocycles. The first kappa shape index (κ1) is 14.3. The Kier molecular flexibility index (Phi) is 3.59. The van der Waals surface area contributed by atoms with Crippen LogP contribution in [0, 0.1) is 0 Å². The number of hydrogen-bond donors (Lipinski definition) is 2. The second-order valence-corrected chi connectivity index (χ2v) is 7.02. The zero-order chi connectivity index (χ0) is 15.0. The number of ether oxygens (including phenoxy) is 1. The highest BCUT2D eigenvalue weighted by molar-refractivity contribution is 7.21. The molecule has 6 heteroatoms. The molecule has 112 valence electrons. The van der Waals surface area contributed by atoms with Gasteiger partial charge >= 0.3 is 0 Å². The summed E-state index contributed by atoms with van der Waals surface area (Å²) in [5, 5.41) is 3.08. The molecule has 2 aromatic rings. The summed E-state index contributed by atoms with van der Waals surface area (Å²) in [6.07, 6.45) is 3.33. The van der Waals surface area contributed by atoms with Crippen LogP contribution in [0.3, 0.4) is 0 Å². The second kappa shape index (κ2) is 5.27. The Morgan fingerprint density at radius 1 is 1.57 bits per heavy atom. The first-order chi connectivity index (χ1) is 9.96. The molecule has 1 atom stereocenters. The van der Waals surface area contributed by atoms with Crippen LogP contribution in [0.1, 0.15) is 36.4 Å². The summed E-state index contributed by atoms with van der Waals surface area (Å²) in [4.78, 5) is 17.3. The lowest BCUT2D eigenvalue weighted by Crippen LogP contribution is -2.45. The number of nitrogens with one attached hydrogen (secondary N) is 1. The van der Waals surface area contributed by atoms with Crippen LogP contribution in [0.2, 0.25) is 0 Å². The lowest BCUT2D eigenvalue weighted by atomic mass is 9.94. The van der Waals surface area contributed by atoms with Crippen LogP contribution in [-0.2, 0) is 4.74 Å². The number of nitrogens with zero attached hydrogens (tertiary/aromatic N) is 1. The van der Waals surface area contributed by atoms with Gasteiger partial charge in [0.25, 0.3) is 5.91 Å². The van der Waals surface area contributed by atoms with Gasteiger partial charge in [0.15, 0.2) is 0 Å². The predicted octanol–water partition coefficient (Wildman–Crippen LogP) is 2.57. The number of amides is 1. The van der Waals surface area contributed by atoms with Crippen molar-refractivity contribution in [3.63, 3.8) is 0 Å². The van der Waals surface area contributed by atoms with Crippen LogP contribution < -0.4 is 11.1 Å². The molecule has 1 saturated heterocycles. The summed E-state index contributed by atoms with van der Waals surface area (Å²) in [5.41, 5.74) is 7.05. The molecule has 1 fully saturated rings. The number of nitrogen functional groups attached to an aromatic ring is 1. The normalized spacial score (nSPS) is 21.3. The Hall–Kier alpha value is -1.66. The fraction of sp³-hybridized carbons (Fsp3) is 0.467. The Morgan fingerprint density at radius 2 is 2.38 bits per heavy atom. The molecule has 0 aromatic carbocycles. The molecule has 21 heavy (non-hydrogen) atoms. The van der Waals surface area contributed by atoms with Crippen molar-refractivity contribution in [1.82, 2.24) is 10.3 Å². The number of carbonyl (C=O) groups is 1. The number of hydrogen-bond acceptors (Lipinski definition) is 5. The van der Waals surface area contributed by atoms with Gasteiger partial charge in [0.2, 0.25) is 0 Å². The van der Waals surface area contributed by atoms with Gasteiger partial charge in [0.05, 0.1) is 16.0 Å². The van der Waals surface area contributed by atoms with Crippen LogP contribution in [0.4, 0.5) is 5.69 Å². The van der Waals surface area contributed by atoms with Gasteiger partial charge in [-0.3, -0.25) is 9.78 Å². The summed E-state index contributed by atoms with van der Waals surface area (Å²) in [5.74, 6) is -0.113. The van der Waals surface area contributed by atoms with E-state index in [9.17, 15) is 4.79 Å². The van der Waals surface area contributed by atoms with Crippen LogP contribution in [0.15, 0.2) is 18.3 Å². The monoisotopic (exact) mass is 305 g/mol. The number of aromatic nitrogens is 1. The third kappa shape index (κ3) is 2.87. The van der Waals surface area contributed by atoms with E-state index in [1.165, 1.54) is 11.3 Å². The molecule has 3 rings (SSSR count). The molecule has 0 bridgehead atoms. The highest BCUT2D eigenvalue weighted by atomic mass is 32.1. The lowest BCUT2D eigenvalue weighted by molar-refractivity contribution is -0.0615. The molecule has 0 aliphatic carbocycles. The van der Waals surface area contributed by atoms with Gasteiger partial charge in [-0.05, 0) is 38.8 Å².